The number of hydrogen-bond donors (Lipinski definition) is 2. The number of carbonyl (C=O) groups is 4. The number of halogens is 5. The normalized spacial score (nSPS) is 21.9. The van der Waals surface area contributed by atoms with Crippen LogP contribution in [0, 0.1) is 0 Å². The van der Waals surface area contributed by atoms with Crippen LogP contribution in [0.2, 0.25) is 0 Å². The quantitative estimate of drug-likeness (QED) is 0.201. The van der Waals surface area contributed by atoms with E-state index in [1.54, 1.807) is 32.9 Å². The molecule has 2 fully saturated rings. The van der Waals surface area contributed by atoms with Gasteiger partial charge in [0.25, 0.3) is 5.91 Å². The number of thioether (sulfide) groups is 1. The molecule has 10 nitrogen and oxygen atoms in total. The first-order valence-electron chi connectivity index (χ1n) is 12.9. The zero-order chi connectivity index (χ0) is 31.9. The van der Waals surface area contributed by atoms with Gasteiger partial charge in [-0.3, -0.25) is 14.5 Å². The number of alkyl carbamates (subject to hydrolysis) is 1. The van der Waals surface area contributed by atoms with Crippen molar-refractivity contribution in [2.24, 2.45) is 0 Å². The van der Waals surface area contributed by atoms with Crippen LogP contribution in [0.25, 0.3) is 0 Å². The number of rotatable bonds is 7. The summed E-state index contributed by atoms with van der Waals surface area (Å²) in [6.45, 7) is 4.12. The number of hydrogen-bond acceptors (Lipinski definition) is 8. The minimum atomic E-state index is -6.13. The number of amides is 3. The van der Waals surface area contributed by atoms with Gasteiger partial charge in [-0.05, 0) is 44.9 Å². The number of carbonyl (C=O) groups excluding carboxylic acids is 4. The maximum atomic E-state index is 15.2. The van der Waals surface area contributed by atoms with Gasteiger partial charge in [0.05, 0.1) is 7.11 Å². The smallest absolute Gasteiger partial charge is 0.458 e. The SMILES string of the molecule is COc1ccc(COC(=O)C2=C(/C(=C3\CCNC3=O)C(F)(F)C(F)(F)F)CS[C@@H]3[C@H](NC(=O)OC(C)(C)C)C(=O)N23)cc1. The molecule has 0 bridgehead atoms. The summed E-state index contributed by atoms with van der Waals surface area (Å²) in [5.41, 5.74) is -4.78. The Balaban J connectivity index is 1.77. The summed E-state index contributed by atoms with van der Waals surface area (Å²) in [6.07, 6.45) is -7.58. The van der Waals surface area contributed by atoms with E-state index in [2.05, 4.69) is 10.6 Å². The lowest BCUT2D eigenvalue weighted by Gasteiger charge is -2.50. The summed E-state index contributed by atoms with van der Waals surface area (Å²) < 4.78 is 87.1. The van der Waals surface area contributed by atoms with Crippen molar-refractivity contribution in [2.75, 3.05) is 19.4 Å². The third-order valence-corrected chi connectivity index (χ3v) is 7.85. The van der Waals surface area contributed by atoms with E-state index in [1.807, 2.05) is 0 Å². The maximum Gasteiger partial charge on any atom is 0.458 e. The van der Waals surface area contributed by atoms with Crippen molar-refractivity contribution < 1.29 is 55.3 Å². The van der Waals surface area contributed by atoms with Crippen LogP contribution in [0.15, 0.2) is 46.7 Å². The number of nitrogens with one attached hydrogen (secondary N) is 2. The molecule has 0 aliphatic carbocycles. The van der Waals surface area contributed by atoms with Gasteiger partial charge in [0.2, 0.25) is 5.91 Å². The second-order valence-electron chi connectivity index (χ2n) is 10.7. The van der Waals surface area contributed by atoms with E-state index in [9.17, 15) is 32.3 Å². The molecule has 1 aromatic rings. The van der Waals surface area contributed by atoms with Crippen LogP contribution < -0.4 is 15.4 Å². The van der Waals surface area contributed by atoms with E-state index >= 15 is 8.78 Å². The number of methoxy groups -OCH3 is 1. The number of ether oxygens (including phenoxy) is 3. The van der Waals surface area contributed by atoms with Gasteiger partial charge in [-0.25, -0.2) is 9.59 Å². The molecule has 1 aromatic carbocycles. The highest BCUT2D eigenvalue weighted by molar-refractivity contribution is 8.00. The molecule has 2 atom stereocenters. The van der Waals surface area contributed by atoms with E-state index in [-0.39, 0.29) is 6.54 Å². The molecule has 3 heterocycles. The summed E-state index contributed by atoms with van der Waals surface area (Å²) in [5, 5.41) is 3.49. The summed E-state index contributed by atoms with van der Waals surface area (Å²) in [6, 6.07) is 4.89. The van der Waals surface area contributed by atoms with Crippen LogP contribution >= 0.6 is 11.8 Å². The number of esters is 1. The molecule has 0 spiro atoms. The first kappa shape index (κ1) is 32.1. The lowest BCUT2D eigenvalue weighted by atomic mass is 9.90. The monoisotopic (exact) mass is 633 g/mol. The Morgan fingerprint density at radius 3 is 2.28 bits per heavy atom. The fraction of sp³-hybridized carbons (Fsp3) is 0.481. The van der Waals surface area contributed by atoms with E-state index in [0.717, 1.165) is 11.8 Å². The third kappa shape index (κ3) is 6.43. The summed E-state index contributed by atoms with van der Waals surface area (Å²) in [4.78, 5) is 52.2. The van der Waals surface area contributed by atoms with Crippen molar-refractivity contribution in [3.8, 4) is 5.75 Å². The third-order valence-electron chi connectivity index (χ3n) is 6.57. The number of β-lactam (4-membered cyclic amide) rings is 1. The largest absolute Gasteiger partial charge is 0.497 e. The molecule has 2 saturated heterocycles. The molecule has 0 saturated carbocycles. The van der Waals surface area contributed by atoms with Crippen molar-refractivity contribution in [2.45, 2.75) is 62.9 Å². The molecular formula is C27H28F5N3O7S. The first-order chi connectivity index (χ1) is 20.0. The fourth-order valence-electron chi connectivity index (χ4n) is 4.64. The summed E-state index contributed by atoms with van der Waals surface area (Å²) in [7, 11) is 1.43. The molecular weight excluding hydrogens is 605 g/mol. The lowest BCUT2D eigenvalue weighted by Crippen LogP contribution is -2.71. The number of nitrogens with zero attached hydrogens (tertiary/aromatic N) is 1. The second kappa shape index (κ2) is 11.7. The van der Waals surface area contributed by atoms with Gasteiger partial charge < -0.3 is 24.8 Å². The molecule has 234 valence electrons. The van der Waals surface area contributed by atoms with Gasteiger partial charge >= 0.3 is 24.2 Å². The number of alkyl halides is 5. The van der Waals surface area contributed by atoms with Crippen LogP contribution in [0.1, 0.15) is 32.8 Å². The van der Waals surface area contributed by atoms with Gasteiger partial charge in [-0.1, -0.05) is 12.1 Å². The average molecular weight is 634 g/mol. The van der Waals surface area contributed by atoms with Gasteiger partial charge in [-0.15, -0.1) is 11.8 Å². The van der Waals surface area contributed by atoms with Gasteiger partial charge in [-0.2, -0.15) is 22.0 Å². The molecule has 3 aliphatic heterocycles. The predicted octanol–water partition coefficient (Wildman–Crippen LogP) is 3.82. The molecule has 0 radical (unpaired) electrons. The van der Waals surface area contributed by atoms with E-state index in [1.165, 1.54) is 19.2 Å². The predicted molar refractivity (Wildman–Crippen MR) is 142 cm³/mol. The van der Waals surface area contributed by atoms with Crippen molar-refractivity contribution in [3.05, 3.63) is 52.2 Å². The summed E-state index contributed by atoms with van der Waals surface area (Å²) >= 11 is 0.736. The lowest BCUT2D eigenvalue weighted by molar-refractivity contribution is -0.263. The highest BCUT2D eigenvalue weighted by Gasteiger charge is 2.64. The van der Waals surface area contributed by atoms with E-state index < -0.39 is 94.2 Å². The minimum absolute atomic E-state index is 0.198. The number of allylic oxidation sites excluding steroid dienone is 1. The highest BCUT2D eigenvalue weighted by atomic mass is 32.2. The van der Waals surface area contributed by atoms with Gasteiger partial charge in [0.15, 0.2) is 0 Å². The fourth-order valence-corrected chi connectivity index (χ4v) is 5.99. The van der Waals surface area contributed by atoms with Crippen molar-refractivity contribution in [3.63, 3.8) is 0 Å². The molecule has 3 aliphatic rings. The Hall–Kier alpha value is -3.82. The maximum absolute atomic E-state index is 15.2. The van der Waals surface area contributed by atoms with Crippen molar-refractivity contribution in [1.29, 1.82) is 0 Å². The Labute approximate surface area is 246 Å². The Morgan fingerprint density at radius 1 is 1.09 bits per heavy atom. The average Bonchev–Trinajstić information content (AvgIpc) is 3.33. The molecule has 0 unspecified atom stereocenters. The number of fused-ring (bicyclic) bond motifs is 1. The Kier molecular flexibility index (Phi) is 8.73. The molecule has 43 heavy (non-hydrogen) atoms. The van der Waals surface area contributed by atoms with Crippen LogP contribution in [0.4, 0.5) is 26.7 Å². The topological polar surface area (TPSA) is 123 Å². The zero-order valence-corrected chi connectivity index (χ0v) is 24.2. The van der Waals surface area contributed by atoms with Crippen LogP contribution in [-0.2, 0) is 30.5 Å². The Bertz CT molecular complexity index is 1390. The van der Waals surface area contributed by atoms with Crippen molar-refractivity contribution >= 4 is 35.6 Å². The van der Waals surface area contributed by atoms with E-state index in [4.69, 9.17) is 14.2 Å². The Morgan fingerprint density at radius 2 is 1.74 bits per heavy atom. The first-order valence-corrected chi connectivity index (χ1v) is 13.9. The highest BCUT2D eigenvalue weighted by Crippen LogP contribution is 2.51. The standard InChI is InChI=1S/C27H28F5N3O7S/c1-25(2,3)42-24(39)34-18-21(37)35-19(23(38)41-11-13-5-7-14(40-4)8-6-13)16(12-43-22(18)35)17(15-9-10-33-20(15)36)26(28,29)27(30,31)32/h5-8,18,22H,9-12H2,1-4H3,(H,33,36)(H,34,39)/b17-15-/t18-,22-/m1/s1. The van der Waals surface area contributed by atoms with Crippen LogP contribution in [0.3, 0.4) is 0 Å². The zero-order valence-electron chi connectivity index (χ0n) is 23.4. The van der Waals surface area contributed by atoms with Crippen LogP contribution in [0.5, 0.6) is 5.75 Å². The van der Waals surface area contributed by atoms with Gasteiger partial charge in [0, 0.05) is 29.0 Å². The minimum Gasteiger partial charge on any atom is -0.497 e. The molecule has 4 rings (SSSR count). The molecule has 16 heteroatoms. The molecule has 2 N–H and O–H groups in total. The molecule has 0 aromatic heterocycles. The van der Waals surface area contributed by atoms with E-state index in [0.29, 0.717) is 16.2 Å². The van der Waals surface area contributed by atoms with Crippen LogP contribution in [-0.4, -0.2) is 77.3 Å². The summed E-state index contributed by atoms with van der Waals surface area (Å²) in [5.74, 6) is -9.18. The van der Waals surface area contributed by atoms with Gasteiger partial charge in [0.1, 0.15) is 35.1 Å². The number of benzene rings is 1. The van der Waals surface area contributed by atoms with Crippen molar-refractivity contribution in [1.82, 2.24) is 15.5 Å². The molecule has 3 amide bonds. The second-order valence-corrected chi connectivity index (χ2v) is 11.8.